The van der Waals surface area contributed by atoms with Gasteiger partial charge in [0.2, 0.25) is 5.91 Å². The number of nitrogens with one attached hydrogen (secondary N) is 2. The highest BCUT2D eigenvalue weighted by atomic mass is 35.5. The van der Waals surface area contributed by atoms with Crippen LogP contribution in [0.2, 0.25) is 0 Å². The van der Waals surface area contributed by atoms with E-state index in [-0.39, 0.29) is 29.8 Å². The molecule has 112 valence electrons. The molecule has 0 aromatic heterocycles. The molecule has 0 bridgehead atoms. The fourth-order valence-electron chi connectivity index (χ4n) is 3.37. The number of carbonyl (C=O) groups excluding carboxylic acids is 1. The SMILES string of the molecule is CC(C)(CNC(=O)C1CCCN1)C1CCCCC1.Cl. The van der Waals surface area contributed by atoms with E-state index in [1.165, 1.54) is 32.1 Å². The molecule has 0 aromatic rings. The molecule has 3 nitrogen and oxygen atoms in total. The predicted molar refractivity (Wildman–Crippen MR) is 81.6 cm³/mol. The van der Waals surface area contributed by atoms with Crippen LogP contribution < -0.4 is 10.6 Å². The first-order valence-electron chi connectivity index (χ1n) is 7.61. The summed E-state index contributed by atoms with van der Waals surface area (Å²) < 4.78 is 0. The van der Waals surface area contributed by atoms with Gasteiger partial charge in [0, 0.05) is 6.54 Å². The maximum atomic E-state index is 12.0. The van der Waals surface area contributed by atoms with Crippen molar-refractivity contribution >= 4 is 18.3 Å². The molecule has 0 spiro atoms. The molecule has 0 radical (unpaired) electrons. The third-order valence-electron chi connectivity index (χ3n) is 4.81. The number of rotatable bonds is 4. The highest BCUT2D eigenvalue weighted by Crippen LogP contribution is 2.37. The third kappa shape index (κ3) is 4.64. The van der Waals surface area contributed by atoms with Crippen molar-refractivity contribution in [1.29, 1.82) is 0 Å². The standard InChI is InChI=1S/C15H28N2O.ClH/c1-15(2,12-7-4-3-5-8-12)11-17-14(18)13-9-6-10-16-13;/h12-13,16H,3-11H2,1-2H3,(H,17,18);1H. The summed E-state index contributed by atoms with van der Waals surface area (Å²) in [5.74, 6) is 0.986. The number of amides is 1. The molecule has 0 aromatic carbocycles. The molecule has 1 heterocycles. The lowest BCUT2D eigenvalue weighted by Crippen LogP contribution is -2.45. The second-order valence-corrected chi connectivity index (χ2v) is 6.69. The molecule has 4 heteroatoms. The molecule has 1 atom stereocenters. The molecular formula is C15H29ClN2O. The lowest BCUT2D eigenvalue weighted by molar-refractivity contribution is -0.123. The van der Waals surface area contributed by atoms with Crippen LogP contribution in [0.25, 0.3) is 0 Å². The van der Waals surface area contributed by atoms with Crippen LogP contribution in [-0.2, 0) is 4.79 Å². The third-order valence-corrected chi connectivity index (χ3v) is 4.81. The Kier molecular flexibility index (Phi) is 6.61. The topological polar surface area (TPSA) is 41.1 Å². The van der Waals surface area contributed by atoms with Crippen molar-refractivity contribution in [2.45, 2.75) is 64.8 Å². The Morgan fingerprint density at radius 3 is 2.42 bits per heavy atom. The van der Waals surface area contributed by atoms with E-state index in [0.29, 0.717) is 0 Å². The van der Waals surface area contributed by atoms with Crippen molar-refractivity contribution in [3.63, 3.8) is 0 Å². The summed E-state index contributed by atoms with van der Waals surface area (Å²) in [4.78, 5) is 12.0. The van der Waals surface area contributed by atoms with E-state index in [0.717, 1.165) is 31.8 Å². The zero-order chi connectivity index (χ0) is 13.0. The Hall–Kier alpha value is -0.280. The predicted octanol–water partition coefficient (Wildman–Crippen LogP) is 2.88. The second-order valence-electron chi connectivity index (χ2n) is 6.69. The van der Waals surface area contributed by atoms with Crippen molar-refractivity contribution in [1.82, 2.24) is 10.6 Å². The van der Waals surface area contributed by atoms with Crippen LogP contribution in [0, 0.1) is 11.3 Å². The van der Waals surface area contributed by atoms with Gasteiger partial charge in [-0.25, -0.2) is 0 Å². The largest absolute Gasteiger partial charge is 0.354 e. The van der Waals surface area contributed by atoms with Gasteiger partial charge in [0.15, 0.2) is 0 Å². The van der Waals surface area contributed by atoms with Crippen LogP contribution in [0.3, 0.4) is 0 Å². The zero-order valence-corrected chi connectivity index (χ0v) is 13.2. The number of halogens is 1. The van der Waals surface area contributed by atoms with Gasteiger partial charge in [0.25, 0.3) is 0 Å². The lowest BCUT2D eigenvalue weighted by atomic mass is 9.71. The van der Waals surface area contributed by atoms with Gasteiger partial charge >= 0.3 is 0 Å². The Morgan fingerprint density at radius 2 is 1.84 bits per heavy atom. The average Bonchev–Trinajstić information content (AvgIpc) is 2.91. The van der Waals surface area contributed by atoms with Crippen LogP contribution in [0.5, 0.6) is 0 Å². The number of carbonyl (C=O) groups is 1. The van der Waals surface area contributed by atoms with Gasteiger partial charge in [0.1, 0.15) is 0 Å². The van der Waals surface area contributed by atoms with Crippen LogP contribution in [0.1, 0.15) is 58.8 Å². The minimum atomic E-state index is 0. The molecule has 1 unspecified atom stereocenters. The molecule has 1 amide bonds. The summed E-state index contributed by atoms with van der Waals surface area (Å²) in [6.45, 7) is 6.44. The van der Waals surface area contributed by atoms with Gasteiger partial charge in [-0.3, -0.25) is 4.79 Å². The summed E-state index contributed by atoms with van der Waals surface area (Å²) in [5, 5.41) is 6.42. The van der Waals surface area contributed by atoms with Crippen LogP contribution in [-0.4, -0.2) is 25.0 Å². The van der Waals surface area contributed by atoms with E-state index in [9.17, 15) is 4.79 Å². The average molecular weight is 289 g/mol. The van der Waals surface area contributed by atoms with E-state index in [1.807, 2.05) is 0 Å². The van der Waals surface area contributed by atoms with Crippen molar-refractivity contribution in [2.75, 3.05) is 13.1 Å². The van der Waals surface area contributed by atoms with Gasteiger partial charge in [-0.15, -0.1) is 12.4 Å². The Balaban J connectivity index is 0.00000180. The minimum absolute atomic E-state index is 0. The Labute approximate surface area is 123 Å². The lowest BCUT2D eigenvalue weighted by Gasteiger charge is -2.37. The summed E-state index contributed by atoms with van der Waals surface area (Å²) >= 11 is 0. The number of hydrogen-bond acceptors (Lipinski definition) is 2. The Morgan fingerprint density at radius 1 is 1.16 bits per heavy atom. The van der Waals surface area contributed by atoms with E-state index in [4.69, 9.17) is 0 Å². The van der Waals surface area contributed by atoms with Gasteiger partial charge in [-0.2, -0.15) is 0 Å². The first-order chi connectivity index (χ1) is 8.59. The zero-order valence-electron chi connectivity index (χ0n) is 12.3. The number of hydrogen-bond donors (Lipinski definition) is 2. The quantitative estimate of drug-likeness (QED) is 0.835. The molecular weight excluding hydrogens is 260 g/mol. The molecule has 1 aliphatic carbocycles. The summed E-state index contributed by atoms with van der Waals surface area (Å²) in [6, 6.07) is 0.0622. The van der Waals surface area contributed by atoms with E-state index in [1.54, 1.807) is 0 Å². The first-order valence-corrected chi connectivity index (χ1v) is 7.61. The van der Waals surface area contributed by atoms with Crippen molar-refractivity contribution in [2.24, 2.45) is 11.3 Å². The molecule has 2 N–H and O–H groups in total. The fourth-order valence-corrected chi connectivity index (χ4v) is 3.37. The van der Waals surface area contributed by atoms with E-state index in [2.05, 4.69) is 24.5 Å². The van der Waals surface area contributed by atoms with E-state index >= 15 is 0 Å². The molecule has 1 aliphatic heterocycles. The van der Waals surface area contributed by atoms with Crippen molar-refractivity contribution < 1.29 is 4.79 Å². The second kappa shape index (κ2) is 7.49. The van der Waals surface area contributed by atoms with Gasteiger partial charge in [-0.05, 0) is 43.6 Å². The highest BCUT2D eigenvalue weighted by molar-refractivity contribution is 5.85. The van der Waals surface area contributed by atoms with Crippen molar-refractivity contribution in [3.05, 3.63) is 0 Å². The smallest absolute Gasteiger partial charge is 0.237 e. The van der Waals surface area contributed by atoms with Crippen LogP contribution >= 0.6 is 12.4 Å². The molecule has 19 heavy (non-hydrogen) atoms. The minimum Gasteiger partial charge on any atom is -0.354 e. The van der Waals surface area contributed by atoms with Crippen LogP contribution in [0.4, 0.5) is 0 Å². The molecule has 2 fully saturated rings. The summed E-state index contributed by atoms with van der Waals surface area (Å²) in [6.07, 6.45) is 8.93. The summed E-state index contributed by atoms with van der Waals surface area (Å²) in [5.41, 5.74) is 0.245. The fraction of sp³-hybridized carbons (Fsp3) is 0.933. The molecule has 2 rings (SSSR count). The monoisotopic (exact) mass is 288 g/mol. The normalized spacial score (nSPS) is 24.8. The summed E-state index contributed by atoms with van der Waals surface area (Å²) in [7, 11) is 0. The van der Waals surface area contributed by atoms with Gasteiger partial charge in [-0.1, -0.05) is 33.1 Å². The maximum Gasteiger partial charge on any atom is 0.237 e. The highest BCUT2D eigenvalue weighted by Gasteiger charge is 2.32. The molecule has 1 saturated carbocycles. The van der Waals surface area contributed by atoms with Crippen LogP contribution in [0.15, 0.2) is 0 Å². The van der Waals surface area contributed by atoms with Gasteiger partial charge in [0.05, 0.1) is 6.04 Å². The van der Waals surface area contributed by atoms with Gasteiger partial charge < -0.3 is 10.6 Å². The maximum absolute atomic E-state index is 12.0. The first kappa shape index (κ1) is 16.8. The molecule has 1 saturated heterocycles. The Bertz CT molecular complexity index is 282. The van der Waals surface area contributed by atoms with Crippen molar-refractivity contribution in [3.8, 4) is 0 Å². The van der Waals surface area contributed by atoms with E-state index < -0.39 is 0 Å². The molecule has 2 aliphatic rings.